The molecule has 5 fully saturated rings. The molecule has 3 saturated carbocycles. The van der Waals surface area contributed by atoms with Crippen LogP contribution in [0.1, 0.15) is 41.5 Å². The van der Waals surface area contributed by atoms with Crippen LogP contribution in [0.5, 0.6) is 0 Å². The van der Waals surface area contributed by atoms with E-state index in [1.165, 1.54) is 0 Å². The van der Waals surface area contributed by atoms with Crippen LogP contribution in [0, 0.1) is 29.1 Å². The first kappa shape index (κ1) is 20.7. The molecule has 11 atom stereocenters. The highest BCUT2D eigenvalue weighted by Crippen LogP contribution is 2.78. The monoisotopic (exact) mass is 436 g/mol. The van der Waals surface area contributed by atoms with Gasteiger partial charge in [-0.15, -0.1) is 0 Å². The highest BCUT2D eigenvalue weighted by atomic mass is 16.8. The van der Waals surface area contributed by atoms with E-state index in [2.05, 4.69) is 0 Å². The largest absolute Gasteiger partial charge is 0.390 e. The van der Waals surface area contributed by atoms with Gasteiger partial charge in [-0.3, -0.25) is 4.79 Å². The van der Waals surface area contributed by atoms with E-state index in [1.54, 1.807) is 33.8 Å². The van der Waals surface area contributed by atoms with Crippen molar-refractivity contribution in [2.45, 2.75) is 88.0 Å². The van der Waals surface area contributed by atoms with Crippen LogP contribution < -0.4 is 0 Å². The first-order valence-electron chi connectivity index (χ1n) is 11.2. The maximum atomic E-state index is 13.4. The lowest BCUT2D eigenvalue weighted by Crippen LogP contribution is -2.70. The van der Waals surface area contributed by atoms with Gasteiger partial charge in [-0.1, -0.05) is 26.8 Å². The number of epoxide rings is 1. The molecule has 172 valence electrons. The molecule has 6 aliphatic rings. The van der Waals surface area contributed by atoms with Gasteiger partial charge < -0.3 is 34.6 Å². The number of ketones is 1. The van der Waals surface area contributed by atoms with Crippen LogP contribution in [0.2, 0.25) is 0 Å². The second-order valence-corrected chi connectivity index (χ2v) is 11.8. The predicted molar refractivity (Wildman–Crippen MR) is 106 cm³/mol. The van der Waals surface area contributed by atoms with Crippen molar-refractivity contribution >= 4 is 5.78 Å². The molecule has 0 aromatic heterocycles. The third-order valence-corrected chi connectivity index (χ3v) is 9.85. The number of aliphatic hydroxyl groups is 4. The predicted octanol–water partition coefficient (Wildman–Crippen LogP) is -0.0896. The van der Waals surface area contributed by atoms with Gasteiger partial charge >= 0.3 is 0 Å². The molecule has 2 heterocycles. The minimum atomic E-state index is -2.06. The van der Waals surface area contributed by atoms with E-state index in [0.29, 0.717) is 5.57 Å². The van der Waals surface area contributed by atoms with Gasteiger partial charge in [0.15, 0.2) is 17.2 Å². The third kappa shape index (κ3) is 1.87. The minimum Gasteiger partial charge on any atom is -0.390 e. The molecule has 0 aromatic rings. The Balaban J connectivity index is 1.61. The van der Waals surface area contributed by atoms with E-state index in [-0.39, 0.29) is 6.61 Å². The first-order chi connectivity index (χ1) is 14.1. The maximum Gasteiger partial charge on any atom is 0.193 e. The SMILES string of the molecule is CC1=CC2[C@]3(O)C(C4C(C)(C)[C@]4(O)[C@H](O)[C@H]3C)[C@@H]3O[C@@]34COC(C)(C)O[C@H]4[C@]2(O)C1=O. The molecular weight excluding hydrogens is 404 g/mol. The van der Waals surface area contributed by atoms with E-state index in [9.17, 15) is 25.2 Å². The molecule has 0 aromatic carbocycles. The Morgan fingerprint density at radius 1 is 1.10 bits per heavy atom. The van der Waals surface area contributed by atoms with Crippen molar-refractivity contribution in [1.29, 1.82) is 0 Å². The van der Waals surface area contributed by atoms with Crippen molar-refractivity contribution in [3.63, 3.8) is 0 Å². The van der Waals surface area contributed by atoms with E-state index in [0.717, 1.165) is 0 Å². The van der Waals surface area contributed by atoms with Crippen LogP contribution in [0.3, 0.4) is 0 Å². The molecule has 0 bridgehead atoms. The Hall–Kier alpha value is -0.870. The summed E-state index contributed by atoms with van der Waals surface area (Å²) in [6.45, 7) is 10.6. The smallest absolute Gasteiger partial charge is 0.193 e. The number of ether oxygens (including phenoxy) is 3. The van der Waals surface area contributed by atoms with Crippen molar-refractivity contribution in [3.05, 3.63) is 11.6 Å². The second kappa shape index (κ2) is 5.12. The molecule has 0 amide bonds. The summed E-state index contributed by atoms with van der Waals surface area (Å²) in [5.41, 5.74) is -6.56. The molecule has 3 unspecified atom stereocenters. The summed E-state index contributed by atoms with van der Waals surface area (Å²) in [5.74, 6) is -4.46. The Morgan fingerprint density at radius 2 is 1.74 bits per heavy atom. The topological polar surface area (TPSA) is 129 Å². The van der Waals surface area contributed by atoms with E-state index in [4.69, 9.17) is 14.2 Å². The highest BCUT2D eigenvalue weighted by molar-refractivity contribution is 6.05. The zero-order valence-electron chi connectivity index (χ0n) is 18.7. The van der Waals surface area contributed by atoms with Gasteiger partial charge in [0, 0.05) is 29.1 Å². The lowest BCUT2D eigenvalue weighted by atomic mass is 9.58. The average molecular weight is 437 g/mol. The Morgan fingerprint density at radius 3 is 2.39 bits per heavy atom. The molecule has 2 saturated heterocycles. The number of hydrogen-bond donors (Lipinski definition) is 4. The van der Waals surface area contributed by atoms with Gasteiger partial charge in [0.1, 0.15) is 17.3 Å². The Kier molecular flexibility index (Phi) is 3.42. The van der Waals surface area contributed by atoms with Crippen molar-refractivity contribution in [2.24, 2.45) is 29.1 Å². The fourth-order valence-corrected chi connectivity index (χ4v) is 8.04. The summed E-state index contributed by atoms with van der Waals surface area (Å²) in [6.07, 6.45) is -1.22. The van der Waals surface area contributed by atoms with E-state index < -0.39 is 81.4 Å². The summed E-state index contributed by atoms with van der Waals surface area (Å²) < 4.78 is 18.3. The highest BCUT2D eigenvalue weighted by Gasteiger charge is 2.91. The van der Waals surface area contributed by atoms with Gasteiger partial charge in [0.25, 0.3) is 0 Å². The van der Waals surface area contributed by atoms with Crippen LogP contribution in [-0.2, 0) is 19.0 Å². The number of rotatable bonds is 0. The van der Waals surface area contributed by atoms with Gasteiger partial charge in [-0.25, -0.2) is 0 Å². The number of hydrogen-bond acceptors (Lipinski definition) is 8. The second-order valence-electron chi connectivity index (χ2n) is 11.8. The lowest BCUT2D eigenvalue weighted by molar-refractivity contribution is -0.329. The van der Waals surface area contributed by atoms with Crippen LogP contribution in [0.25, 0.3) is 0 Å². The fraction of sp³-hybridized carbons (Fsp3) is 0.870. The van der Waals surface area contributed by atoms with Crippen LogP contribution in [0.4, 0.5) is 0 Å². The standard InChI is InChI=1S/C23H32O8/c1-9-7-11-21(26)10(2)15(25)23(28)13(18(23,3)4)12(21)16-20(30-16)8-29-19(5,6)31-17(20)22(11,27)14(9)24/h7,10-13,15-17,25-28H,8H2,1-6H3/t10-,11?,12?,13?,15-,16+,17-,20+,21+,22-,23-/m1/s1. The number of Topliss-reactive ketones (excluding diaryl/α,β-unsaturated/α-hetero) is 1. The summed E-state index contributed by atoms with van der Waals surface area (Å²) in [4.78, 5) is 13.4. The minimum absolute atomic E-state index is 0.103. The van der Waals surface area contributed by atoms with Gasteiger partial charge in [0.2, 0.25) is 0 Å². The number of fused-ring (bicyclic) bond motifs is 7. The molecule has 4 aliphatic carbocycles. The molecule has 1 spiro atoms. The lowest BCUT2D eigenvalue weighted by Gasteiger charge is -2.53. The summed E-state index contributed by atoms with van der Waals surface area (Å²) in [7, 11) is 0. The summed E-state index contributed by atoms with van der Waals surface area (Å²) >= 11 is 0. The molecule has 0 radical (unpaired) electrons. The zero-order chi connectivity index (χ0) is 22.7. The quantitative estimate of drug-likeness (QED) is 0.388. The third-order valence-electron chi connectivity index (χ3n) is 9.85. The van der Waals surface area contributed by atoms with Crippen LogP contribution in [0.15, 0.2) is 11.6 Å². The number of aliphatic hydroxyl groups excluding tert-OH is 1. The van der Waals surface area contributed by atoms with Crippen molar-refractivity contribution in [1.82, 2.24) is 0 Å². The fourth-order valence-electron chi connectivity index (χ4n) is 8.04. The number of carbonyl (C=O) groups is 1. The average Bonchev–Trinajstić information content (AvgIpc) is 3.48. The molecule has 2 aliphatic heterocycles. The number of carbonyl (C=O) groups excluding carboxylic acids is 1. The normalized spacial score (nSPS) is 62.3. The Bertz CT molecular complexity index is 942. The molecule has 6 rings (SSSR count). The van der Waals surface area contributed by atoms with Crippen molar-refractivity contribution < 1.29 is 39.4 Å². The first-order valence-corrected chi connectivity index (χ1v) is 11.2. The van der Waals surface area contributed by atoms with Crippen molar-refractivity contribution in [2.75, 3.05) is 6.61 Å². The molecular formula is C23H32O8. The van der Waals surface area contributed by atoms with Crippen molar-refractivity contribution in [3.8, 4) is 0 Å². The molecule has 8 nitrogen and oxygen atoms in total. The van der Waals surface area contributed by atoms with Crippen LogP contribution >= 0.6 is 0 Å². The van der Waals surface area contributed by atoms with E-state index in [1.807, 2.05) is 13.8 Å². The van der Waals surface area contributed by atoms with Crippen LogP contribution in [-0.4, -0.2) is 79.3 Å². The van der Waals surface area contributed by atoms with Gasteiger partial charge in [0.05, 0.1) is 24.4 Å². The molecule has 31 heavy (non-hydrogen) atoms. The molecule has 4 N–H and O–H groups in total. The van der Waals surface area contributed by atoms with E-state index >= 15 is 0 Å². The zero-order valence-corrected chi connectivity index (χ0v) is 18.7. The summed E-state index contributed by atoms with van der Waals surface area (Å²) in [6, 6.07) is 0. The van der Waals surface area contributed by atoms with Gasteiger partial charge in [-0.2, -0.15) is 0 Å². The van der Waals surface area contributed by atoms with Gasteiger partial charge in [-0.05, 0) is 26.3 Å². The molecule has 8 heteroatoms. The Labute approximate surface area is 181 Å². The summed E-state index contributed by atoms with van der Waals surface area (Å²) in [5, 5.41) is 47.1. The maximum absolute atomic E-state index is 13.4.